The van der Waals surface area contributed by atoms with Crippen LogP contribution in [0.4, 0.5) is 0 Å². The highest BCUT2D eigenvalue weighted by molar-refractivity contribution is 5.98. The smallest absolute Gasteiger partial charge is 0.312 e. The number of hydrogen-bond acceptors (Lipinski definition) is 6. The summed E-state index contributed by atoms with van der Waals surface area (Å²) in [5, 5.41) is 9.33. The lowest BCUT2D eigenvalue weighted by Crippen LogP contribution is -2.58. The molecule has 36 heavy (non-hydrogen) atoms. The minimum atomic E-state index is -1.00. The summed E-state index contributed by atoms with van der Waals surface area (Å²) in [7, 11) is 0. The summed E-state index contributed by atoms with van der Waals surface area (Å²) >= 11 is 0. The first-order chi connectivity index (χ1) is 17.5. The number of nitrogens with zero attached hydrogens (tertiary/aromatic N) is 2. The standard InChI is InChI=1S/C28H42N2O6/c1-3-5-11-19-35-27(34)22-21-14-15-28(36-21)23(22)25(32)30(17-9-10-18-31)24(28)26(33)29(16-4-2)20-12-7-6-8-13-20/h3-4,20-24,31H,1-2,5-19H2/t21-,22+,23-,24?,28?/m0/s1. The molecule has 8 nitrogen and oxygen atoms in total. The number of ether oxygens (including phenoxy) is 2. The first kappa shape index (κ1) is 26.9. The first-order valence-electron chi connectivity index (χ1n) is 13.8. The molecule has 1 spiro atoms. The average Bonchev–Trinajstić information content (AvgIpc) is 3.53. The van der Waals surface area contributed by atoms with Crippen LogP contribution in [-0.2, 0) is 23.9 Å². The van der Waals surface area contributed by atoms with E-state index in [-0.39, 0.29) is 31.1 Å². The van der Waals surface area contributed by atoms with Crippen molar-refractivity contribution >= 4 is 17.8 Å². The molecule has 4 rings (SSSR count). The monoisotopic (exact) mass is 502 g/mol. The van der Waals surface area contributed by atoms with E-state index in [4.69, 9.17) is 9.47 Å². The van der Waals surface area contributed by atoms with Crippen LogP contribution in [0.3, 0.4) is 0 Å². The SMILES string of the molecule is C=CCCCOC(=O)[C@@H]1[C@@H]2CCC3(O2)C(C(=O)N(CC=C)C2CCCCC2)N(CCCCO)C(=O)[C@H]13. The number of likely N-dealkylation sites (tertiary alicyclic amines) is 1. The molecule has 0 radical (unpaired) electrons. The highest BCUT2D eigenvalue weighted by Gasteiger charge is 2.75. The Morgan fingerprint density at radius 2 is 1.92 bits per heavy atom. The quantitative estimate of drug-likeness (QED) is 0.236. The van der Waals surface area contributed by atoms with Crippen LogP contribution in [0.5, 0.6) is 0 Å². The lowest BCUT2D eigenvalue weighted by atomic mass is 9.70. The van der Waals surface area contributed by atoms with E-state index < -0.39 is 35.6 Å². The highest BCUT2D eigenvalue weighted by Crippen LogP contribution is 2.59. The summed E-state index contributed by atoms with van der Waals surface area (Å²) < 4.78 is 12.1. The molecule has 3 aliphatic heterocycles. The second-order valence-corrected chi connectivity index (χ2v) is 10.7. The van der Waals surface area contributed by atoms with E-state index in [0.717, 1.165) is 32.1 Å². The van der Waals surface area contributed by atoms with Crippen molar-refractivity contribution < 1.29 is 29.0 Å². The maximum Gasteiger partial charge on any atom is 0.312 e. The topological polar surface area (TPSA) is 96.4 Å². The number of allylic oxidation sites excluding steroid dienone is 1. The van der Waals surface area contributed by atoms with Crippen molar-refractivity contribution in [3.05, 3.63) is 25.3 Å². The zero-order valence-corrected chi connectivity index (χ0v) is 21.4. The molecule has 0 aromatic carbocycles. The molecule has 1 saturated carbocycles. The van der Waals surface area contributed by atoms with E-state index in [0.29, 0.717) is 45.2 Å². The number of carbonyl (C=O) groups excluding carboxylic acids is 3. The van der Waals surface area contributed by atoms with Crippen molar-refractivity contribution in [2.45, 2.75) is 94.4 Å². The fourth-order valence-corrected chi connectivity index (χ4v) is 6.94. The number of fused-ring (bicyclic) bond motifs is 1. The molecule has 8 heteroatoms. The van der Waals surface area contributed by atoms with Crippen LogP contribution >= 0.6 is 0 Å². The minimum absolute atomic E-state index is 0.0259. The predicted octanol–water partition coefficient (Wildman–Crippen LogP) is 2.99. The zero-order chi connectivity index (χ0) is 25.7. The van der Waals surface area contributed by atoms with Crippen LogP contribution in [0.1, 0.15) is 70.6 Å². The Balaban J connectivity index is 1.62. The number of aliphatic hydroxyl groups excluding tert-OH is 1. The number of esters is 1. The summed E-state index contributed by atoms with van der Waals surface area (Å²) in [4.78, 5) is 44.9. The Labute approximate surface area is 214 Å². The van der Waals surface area contributed by atoms with Gasteiger partial charge in [-0.3, -0.25) is 14.4 Å². The van der Waals surface area contributed by atoms with Crippen LogP contribution in [0.15, 0.2) is 25.3 Å². The van der Waals surface area contributed by atoms with Gasteiger partial charge in [-0.2, -0.15) is 0 Å². The van der Waals surface area contributed by atoms with E-state index in [1.54, 1.807) is 17.1 Å². The van der Waals surface area contributed by atoms with Gasteiger partial charge in [0.05, 0.1) is 24.5 Å². The summed E-state index contributed by atoms with van der Waals surface area (Å²) in [5.41, 5.74) is -1.00. The largest absolute Gasteiger partial charge is 0.465 e. The molecular weight excluding hydrogens is 460 g/mol. The number of carbonyl (C=O) groups is 3. The Bertz CT molecular complexity index is 840. The molecule has 3 saturated heterocycles. The van der Waals surface area contributed by atoms with Crippen LogP contribution < -0.4 is 0 Å². The molecule has 2 amide bonds. The van der Waals surface area contributed by atoms with Crippen molar-refractivity contribution in [1.82, 2.24) is 9.80 Å². The predicted molar refractivity (Wildman–Crippen MR) is 135 cm³/mol. The number of aliphatic hydroxyl groups is 1. The minimum Gasteiger partial charge on any atom is -0.465 e. The van der Waals surface area contributed by atoms with E-state index >= 15 is 0 Å². The lowest BCUT2D eigenvalue weighted by molar-refractivity contribution is -0.155. The molecule has 3 heterocycles. The van der Waals surface area contributed by atoms with Gasteiger partial charge in [-0.15, -0.1) is 13.2 Å². The van der Waals surface area contributed by atoms with Gasteiger partial charge in [0.25, 0.3) is 0 Å². The Hall–Kier alpha value is -2.19. The van der Waals surface area contributed by atoms with E-state index in [1.165, 1.54) is 6.42 Å². The van der Waals surface area contributed by atoms with Crippen molar-refractivity contribution in [2.75, 3.05) is 26.3 Å². The summed E-state index contributed by atoms with van der Waals surface area (Å²) in [6.45, 7) is 8.67. The molecule has 1 aliphatic carbocycles. The molecule has 0 aromatic heterocycles. The Kier molecular flexibility index (Phi) is 8.88. The summed E-state index contributed by atoms with van der Waals surface area (Å²) in [5.74, 6) is -2.08. The second kappa shape index (κ2) is 11.9. The van der Waals surface area contributed by atoms with Crippen molar-refractivity contribution in [3.63, 3.8) is 0 Å². The summed E-state index contributed by atoms with van der Waals surface area (Å²) in [6, 6.07) is -0.641. The molecule has 0 aromatic rings. The lowest BCUT2D eigenvalue weighted by Gasteiger charge is -2.40. The highest BCUT2D eigenvalue weighted by atomic mass is 16.6. The third-order valence-electron chi connectivity index (χ3n) is 8.53. The fraction of sp³-hybridized carbons (Fsp3) is 0.750. The molecule has 1 N–H and O–H groups in total. The van der Waals surface area contributed by atoms with Gasteiger partial charge in [0, 0.05) is 25.7 Å². The fourth-order valence-electron chi connectivity index (χ4n) is 6.94. The van der Waals surface area contributed by atoms with Crippen LogP contribution in [0, 0.1) is 11.8 Å². The van der Waals surface area contributed by atoms with E-state index in [9.17, 15) is 19.5 Å². The number of hydrogen-bond donors (Lipinski definition) is 1. The van der Waals surface area contributed by atoms with Gasteiger partial charge in [-0.25, -0.2) is 0 Å². The number of amides is 2. The van der Waals surface area contributed by atoms with E-state index in [2.05, 4.69) is 13.2 Å². The van der Waals surface area contributed by atoms with Gasteiger partial charge >= 0.3 is 5.97 Å². The molecule has 4 fully saturated rings. The Morgan fingerprint density at radius 3 is 2.61 bits per heavy atom. The maximum absolute atomic E-state index is 14.3. The van der Waals surface area contributed by atoms with Crippen LogP contribution in [0.25, 0.3) is 0 Å². The second-order valence-electron chi connectivity index (χ2n) is 10.7. The van der Waals surface area contributed by atoms with Gasteiger partial charge < -0.3 is 24.4 Å². The average molecular weight is 503 g/mol. The third kappa shape index (κ3) is 4.86. The van der Waals surface area contributed by atoms with Gasteiger partial charge in [-0.05, 0) is 51.4 Å². The molecule has 2 unspecified atom stereocenters. The molecular formula is C28H42N2O6. The molecule has 4 aliphatic rings. The number of unbranched alkanes of at least 4 members (excludes halogenated alkanes) is 2. The number of rotatable bonds is 13. The van der Waals surface area contributed by atoms with Gasteiger partial charge in [-0.1, -0.05) is 31.4 Å². The molecule has 5 atom stereocenters. The van der Waals surface area contributed by atoms with Crippen LogP contribution in [0.2, 0.25) is 0 Å². The van der Waals surface area contributed by atoms with Crippen molar-refractivity contribution in [3.8, 4) is 0 Å². The van der Waals surface area contributed by atoms with Gasteiger partial charge in [0.1, 0.15) is 11.6 Å². The van der Waals surface area contributed by atoms with Crippen LogP contribution in [-0.4, -0.2) is 82.8 Å². The first-order valence-corrected chi connectivity index (χ1v) is 13.8. The van der Waals surface area contributed by atoms with E-state index in [1.807, 2.05) is 4.90 Å². The normalized spacial score (nSPS) is 31.4. The molecule has 2 bridgehead atoms. The third-order valence-corrected chi connectivity index (χ3v) is 8.53. The molecule has 200 valence electrons. The van der Waals surface area contributed by atoms with Gasteiger partial charge in [0.15, 0.2) is 0 Å². The Morgan fingerprint density at radius 1 is 1.14 bits per heavy atom. The zero-order valence-electron chi connectivity index (χ0n) is 21.4. The van der Waals surface area contributed by atoms with Gasteiger partial charge in [0.2, 0.25) is 11.8 Å². The maximum atomic E-state index is 14.3. The van der Waals surface area contributed by atoms with Crippen molar-refractivity contribution in [2.24, 2.45) is 11.8 Å². The van der Waals surface area contributed by atoms with Crippen molar-refractivity contribution in [1.29, 1.82) is 0 Å². The summed E-state index contributed by atoms with van der Waals surface area (Å²) in [6.07, 6.45) is 12.2.